The fraction of sp³-hybridized carbons (Fsp3) is 0.158. The van der Waals surface area contributed by atoms with Crippen molar-refractivity contribution < 1.29 is 9.18 Å². The molecule has 24 heavy (non-hydrogen) atoms. The molecule has 3 rings (SSSR count). The van der Waals surface area contributed by atoms with Crippen LogP contribution in [0.25, 0.3) is 10.9 Å². The molecular weight excluding hydrogens is 305 g/mol. The number of hydrogen-bond acceptors (Lipinski definition) is 2. The molecule has 3 aromatic rings. The van der Waals surface area contributed by atoms with Gasteiger partial charge in [0.25, 0.3) is 0 Å². The zero-order valence-corrected chi connectivity index (χ0v) is 13.8. The van der Waals surface area contributed by atoms with Crippen molar-refractivity contribution in [3.8, 4) is 0 Å². The van der Waals surface area contributed by atoms with E-state index in [1.165, 1.54) is 24.1 Å². The summed E-state index contributed by atoms with van der Waals surface area (Å²) < 4.78 is 13.3. The number of aromatic amines is 1. The minimum absolute atomic E-state index is 0.177. The van der Waals surface area contributed by atoms with Crippen molar-refractivity contribution in [1.82, 2.24) is 4.98 Å². The van der Waals surface area contributed by atoms with Gasteiger partial charge in [-0.05, 0) is 43.7 Å². The zero-order valence-electron chi connectivity index (χ0n) is 13.8. The number of H-pyrrole nitrogens is 1. The monoisotopic (exact) mass is 323 g/mol. The highest BCUT2D eigenvalue weighted by atomic mass is 19.1. The van der Waals surface area contributed by atoms with Gasteiger partial charge in [0.2, 0.25) is 5.91 Å². The van der Waals surface area contributed by atoms with Crippen LogP contribution in [0, 0.1) is 19.7 Å². The van der Waals surface area contributed by atoms with E-state index in [0.717, 1.165) is 27.8 Å². The van der Waals surface area contributed by atoms with Crippen molar-refractivity contribution in [2.24, 2.45) is 5.10 Å². The highest BCUT2D eigenvalue weighted by molar-refractivity contribution is 6.01. The summed E-state index contributed by atoms with van der Waals surface area (Å²) in [4.78, 5) is 15.0. The van der Waals surface area contributed by atoms with Gasteiger partial charge in [0.05, 0.1) is 11.9 Å². The van der Waals surface area contributed by atoms with Crippen LogP contribution in [-0.4, -0.2) is 17.1 Å². The maximum atomic E-state index is 13.3. The molecule has 1 amide bonds. The number of aryl methyl sites for hydroxylation is 2. The number of nitrogens with zero attached hydrogens (tertiary/aromatic N) is 2. The Morgan fingerprint density at radius 3 is 2.71 bits per heavy atom. The van der Waals surface area contributed by atoms with E-state index in [-0.39, 0.29) is 11.7 Å². The molecule has 1 aromatic heterocycles. The second kappa shape index (κ2) is 6.28. The first-order valence-corrected chi connectivity index (χ1v) is 7.64. The van der Waals surface area contributed by atoms with Crippen LogP contribution in [-0.2, 0) is 4.79 Å². The van der Waals surface area contributed by atoms with Crippen LogP contribution in [0.1, 0.15) is 23.6 Å². The molecule has 0 radical (unpaired) electrons. The lowest BCUT2D eigenvalue weighted by Crippen LogP contribution is -2.23. The number of anilines is 1. The fourth-order valence-electron chi connectivity index (χ4n) is 2.70. The number of benzene rings is 2. The smallest absolute Gasteiger partial charge is 0.244 e. The number of aromatic nitrogens is 1. The third-order valence-electron chi connectivity index (χ3n) is 3.87. The van der Waals surface area contributed by atoms with Gasteiger partial charge in [0.15, 0.2) is 0 Å². The average molecular weight is 323 g/mol. The Balaban J connectivity index is 1.98. The van der Waals surface area contributed by atoms with Crippen LogP contribution in [0.2, 0.25) is 0 Å². The SMILES string of the molecule is CC(=O)N(/N=C/c1c[nH]c2cc(F)ccc12)c1ccc(C)cc1C. The predicted octanol–water partition coefficient (Wildman–Crippen LogP) is 4.31. The quantitative estimate of drug-likeness (QED) is 0.566. The topological polar surface area (TPSA) is 48.5 Å². The predicted molar refractivity (Wildman–Crippen MR) is 94.9 cm³/mol. The largest absolute Gasteiger partial charge is 0.360 e. The van der Waals surface area contributed by atoms with E-state index in [1.807, 2.05) is 32.0 Å². The highest BCUT2D eigenvalue weighted by Crippen LogP contribution is 2.23. The van der Waals surface area contributed by atoms with E-state index in [4.69, 9.17) is 0 Å². The van der Waals surface area contributed by atoms with E-state index < -0.39 is 0 Å². The number of nitrogens with one attached hydrogen (secondary N) is 1. The van der Waals surface area contributed by atoms with E-state index in [2.05, 4.69) is 10.1 Å². The Hall–Kier alpha value is -2.95. The van der Waals surface area contributed by atoms with E-state index in [0.29, 0.717) is 5.52 Å². The van der Waals surface area contributed by atoms with E-state index in [1.54, 1.807) is 18.5 Å². The Morgan fingerprint density at radius 1 is 1.21 bits per heavy atom. The molecule has 1 N–H and O–H groups in total. The van der Waals surface area contributed by atoms with Crippen molar-refractivity contribution in [3.05, 3.63) is 65.1 Å². The molecule has 0 atom stereocenters. The van der Waals surface area contributed by atoms with Gasteiger partial charge in [-0.1, -0.05) is 17.7 Å². The lowest BCUT2D eigenvalue weighted by Gasteiger charge is -2.17. The number of fused-ring (bicyclic) bond motifs is 1. The van der Waals surface area contributed by atoms with Crippen LogP contribution in [0.5, 0.6) is 0 Å². The van der Waals surface area contributed by atoms with Gasteiger partial charge < -0.3 is 4.98 Å². The van der Waals surface area contributed by atoms with Gasteiger partial charge in [0.1, 0.15) is 5.82 Å². The van der Waals surface area contributed by atoms with Gasteiger partial charge >= 0.3 is 0 Å². The Morgan fingerprint density at radius 2 is 2.00 bits per heavy atom. The summed E-state index contributed by atoms with van der Waals surface area (Å²) >= 11 is 0. The number of carbonyl (C=O) groups is 1. The fourth-order valence-corrected chi connectivity index (χ4v) is 2.70. The molecule has 0 aliphatic rings. The number of hydrazone groups is 1. The van der Waals surface area contributed by atoms with Crippen LogP contribution >= 0.6 is 0 Å². The summed E-state index contributed by atoms with van der Waals surface area (Å²) in [5.41, 5.74) is 4.33. The minimum Gasteiger partial charge on any atom is -0.360 e. The molecule has 2 aromatic carbocycles. The van der Waals surface area contributed by atoms with E-state index in [9.17, 15) is 9.18 Å². The van der Waals surface area contributed by atoms with Crippen LogP contribution in [0.3, 0.4) is 0 Å². The molecule has 0 unspecified atom stereocenters. The molecule has 0 fully saturated rings. The lowest BCUT2D eigenvalue weighted by molar-refractivity contribution is -0.116. The second-order valence-corrected chi connectivity index (χ2v) is 5.80. The standard InChI is InChI=1S/C19H18FN3O/c1-12-4-7-19(13(2)8-12)23(14(3)24)22-11-15-10-21-18-9-16(20)5-6-17(15)18/h4-11,21H,1-3H3/b22-11+. The third-order valence-corrected chi connectivity index (χ3v) is 3.87. The maximum absolute atomic E-state index is 13.3. The third kappa shape index (κ3) is 3.06. The Bertz CT molecular complexity index is 943. The minimum atomic E-state index is -0.298. The first kappa shape index (κ1) is 15.9. The molecule has 0 bridgehead atoms. The van der Waals surface area contributed by atoms with Crippen LogP contribution in [0.4, 0.5) is 10.1 Å². The first-order valence-electron chi connectivity index (χ1n) is 7.64. The highest BCUT2D eigenvalue weighted by Gasteiger charge is 2.13. The van der Waals surface area contributed by atoms with Crippen molar-refractivity contribution in [2.75, 3.05) is 5.01 Å². The van der Waals surface area contributed by atoms with Gasteiger partial charge in [-0.3, -0.25) is 4.79 Å². The molecule has 1 heterocycles. The van der Waals surface area contributed by atoms with Crippen molar-refractivity contribution in [2.45, 2.75) is 20.8 Å². The number of carbonyl (C=O) groups excluding carboxylic acids is 1. The molecule has 0 saturated heterocycles. The number of hydrogen-bond donors (Lipinski definition) is 1. The molecule has 4 nitrogen and oxygen atoms in total. The van der Waals surface area contributed by atoms with Gasteiger partial charge in [0, 0.05) is 29.6 Å². The number of halogens is 1. The van der Waals surface area contributed by atoms with Gasteiger partial charge in [-0.25, -0.2) is 9.40 Å². The second-order valence-electron chi connectivity index (χ2n) is 5.80. The Kier molecular flexibility index (Phi) is 4.16. The maximum Gasteiger partial charge on any atom is 0.244 e. The lowest BCUT2D eigenvalue weighted by atomic mass is 10.1. The molecule has 122 valence electrons. The summed E-state index contributed by atoms with van der Waals surface area (Å²) in [6.07, 6.45) is 3.35. The molecule has 0 aliphatic carbocycles. The van der Waals surface area contributed by atoms with Crippen molar-refractivity contribution >= 4 is 28.7 Å². The average Bonchev–Trinajstić information content (AvgIpc) is 2.91. The summed E-state index contributed by atoms with van der Waals surface area (Å²) in [6, 6.07) is 10.4. The van der Waals surface area contributed by atoms with Crippen molar-refractivity contribution in [3.63, 3.8) is 0 Å². The van der Waals surface area contributed by atoms with Gasteiger partial charge in [-0.2, -0.15) is 5.10 Å². The molecule has 5 heteroatoms. The Labute approximate surface area is 139 Å². The summed E-state index contributed by atoms with van der Waals surface area (Å²) in [5, 5.41) is 6.57. The first-order chi connectivity index (χ1) is 11.5. The van der Waals surface area contributed by atoms with Crippen molar-refractivity contribution in [1.29, 1.82) is 0 Å². The summed E-state index contributed by atoms with van der Waals surface area (Å²) in [5.74, 6) is -0.474. The summed E-state index contributed by atoms with van der Waals surface area (Å²) in [6.45, 7) is 5.42. The molecule has 0 spiro atoms. The number of amides is 1. The van der Waals surface area contributed by atoms with Crippen LogP contribution in [0.15, 0.2) is 47.7 Å². The molecule has 0 aliphatic heterocycles. The van der Waals surface area contributed by atoms with E-state index >= 15 is 0 Å². The van der Waals surface area contributed by atoms with Crippen LogP contribution < -0.4 is 5.01 Å². The van der Waals surface area contributed by atoms with Gasteiger partial charge in [-0.15, -0.1) is 0 Å². The molecule has 0 saturated carbocycles. The normalized spacial score (nSPS) is 11.3. The zero-order chi connectivity index (χ0) is 17.3. The summed E-state index contributed by atoms with van der Waals surface area (Å²) in [7, 11) is 0. The number of rotatable bonds is 3. The molecular formula is C19H18FN3O.